The molecule has 176 valence electrons. The van der Waals surface area contributed by atoms with Crippen LogP contribution in [-0.4, -0.2) is 54.0 Å². The van der Waals surface area contributed by atoms with E-state index in [0.717, 1.165) is 55.3 Å². The number of nitrogens with zero attached hydrogens (tertiary/aromatic N) is 3. The molecule has 3 aromatic rings. The maximum Gasteiger partial charge on any atom is 0.246 e. The number of rotatable bonds is 8. The maximum absolute atomic E-state index is 12.7. The standard InChI is InChI=1S/C28H31N3O3/c1-22-5-9-26(10-6-22)34-21-25-18-23(7-11-27(25)33-2)8-12-28(32)31-16-14-30(15-17-31)20-24-4-3-13-29-19-24/h3-13,18-19H,14-17,20-21H2,1-2H3/b12-8+. The first kappa shape index (κ1) is 23.5. The van der Waals surface area contributed by atoms with E-state index < -0.39 is 0 Å². The van der Waals surface area contributed by atoms with E-state index in [1.807, 2.05) is 72.6 Å². The summed E-state index contributed by atoms with van der Waals surface area (Å²) in [7, 11) is 1.65. The Morgan fingerprint density at radius 2 is 1.85 bits per heavy atom. The summed E-state index contributed by atoms with van der Waals surface area (Å²) >= 11 is 0. The summed E-state index contributed by atoms with van der Waals surface area (Å²) in [6.07, 6.45) is 7.20. The quantitative estimate of drug-likeness (QED) is 0.471. The normalized spacial score (nSPS) is 14.4. The van der Waals surface area contributed by atoms with Crippen molar-refractivity contribution in [1.29, 1.82) is 0 Å². The Hall–Kier alpha value is -3.64. The monoisotopic (exact) mass is 457 g/mol. The number of methoxy groups -OCH3 is 1. The van der Waals surface area contributed by atoms with Crippen LogP contribution in [0, 0.1) is 6.92 Å². The molecule has 4 rings (SSSR count). The van der Waals surface area contributed by atoms with Crippen molar-refractivity contribution in [2.75, 3.05) is 33.3 Å². The van der Waals surface area contributed by atoms with Crippen LogP contribution in [0.2, 0.25) is 0 Å². The Morgan fingerprint density at radius 1 is 1.06 bits per heavy atom. The summed E-state index contributed by atoms with van der Waals surface area (Å²) in [4.78, 5) is 21.2. The van der Waals surface area contributed by atoms with E-state index in [-0.39, 0.29) is 5.91 Å². The number of piperazine rings is 1. The van der Waals surface area contributed by atoms with Gasteiger partial charge in [-0.2, -0.15) is 0 Å². The van der Waals surface area contributed by atoms with E-state index in [4.69, 9.17) is 9.47 Å². The van der Waals surface area contributed by atoms with Gasteiger partial charge in [0.25, 0.3) is 0 Å². The number of pyridine rings is 1. The molecule has 2 aromatic carbocycles. The number of benzene rings is 2. The zero-order valence-electron chi connectivity index (χ0n) is 19.8. The topological polar surface area (TPSA) is 54.9 Å². The summed E-state index contributed by atoms with van der Waals surface area (Å²) in [5.74, 6) is 1.61. The lowest BCUT2D eigenvalue weighted by molar-refractivity contribution is -0.127. The number of hydrogen-bond acceptors (Lipinski definition) is 5. The van der Waals surface area contributed by atoms with Gasteiger partial charge in [0.05, 0.1) is 7.11 Å². The van der Waals surface area contributed by atoms with Crippen molar-refractivity contribution >= 4 is 12.0 Å². The molecule has 0 saturated carbocycles. The van der Waals surface area contributed by atoms with Gasteiger partial charge in [0.15, 0.2) is 0 Å². The molecule has 6 heteroatoms. The number of amides is 1. The highest BCUT2D eigenvalue weighted by molar-refractivity contribution is 5.91. The molecule has 1 amide bonds. The predicted molar refractivity (Wildman–Crippen MR) is 134 cm³/mol. The van der Waals surface area contributed by atoms with Gasteiger partial charge in [0.1, 0.15) is 18.1 Å². The number of aromatic nitrogens is 1. The van der Waals surface area contributed by atoms with Crippen molar-refractivity contribution in [2.45, 2.75) is 20.1 Å². The van der Waals surface area contributed by atoms with Crippen LogP contribution in [-0.2, 0) is 17.9 Å². The molecule has 34 heavy (non-hydrogen) atoms. The van der Waals surface area contributed by atoms with Crippen LogP contribution in [0.15, 0.2) is 73.1 Å². The second-order valence-corrected chi connectivity index (χ2v) is 8.47. The fourth-order valence-corrected chi connectivity index (χ4v) is 3.96. The van der Waals surface area contributed by atoms with Gasteiger partial charge >= 0.3 is 0 Å². The highest BCUT2D eigenvalue weighted by Gasteiger charge is 2.19. The highest BCUT2D eigenvalue weighted by Crippen LogP contribution is 2.23. The third-order valence-electron chi connectivity index (χ3n) is 5.95. The minimum atomic E-state index is 0.0364. The molecule has 2 heterocycles. The largest absolute Gasteiger partial charge is 0.496 e. The summed E-state index contributed by atoms with van der Waals surface area (Å²) < 4.78 is 11.4. The number of aryl methyl sites for hydroxylation is 1. The molecule has 0 spiro atoms. The summed E-state index contributed by atoms with van der Waals surface area (Å²) in [6.45, 7) is 6.47. The smallest absolute Gasteiger partial charge is 0.246 e. The molecule has 1 aromatic heterocycles. The molecule has 0 N–H and O–H groups in total. The molecule has 6 nitrogen and oxygen atoms in total. The summed E-state index contributed by atoms with van der Waals surface area (Å²) in [5, 5.41) is 0. The molecule has 1 aliphatic heterocycles. The van der Waals surface area contributed by atoms with Crippen molar-refractivity contribution in [3.8, 4) is 11.5 Å². The Bertz CT molecular complexity index is 1110. The Balaban J connectivity index is 1.32. The molecule has 0 bridgehead atoms. The van der Waals surface area contributed by atoms with E-state index in [1.165, 1.54) is 11.1 Å². The van der Waals surface area contributed by atoms with Crippen LogP contribution in [0.5, 0.6) is 11.5 Å². The maximum atomic E-state index is 12.7. The zero-order chi connectivity index (χ0) is 23.8. The van der Waals surface area contributed by atoms with Crippen LogP contribution < -0.4 is 9.47 Å². The molecule has 0 atom stereocenters. The molecular weight excluding hydrogens is 426 g/mol. The van der Waals surface area contributed by atoms with Crippen molar-refractivity contribution in [1.82, 2.24) is 14.8 Å². The van der Waals surface area contributed by atoms with Crippen LogP contribution in [0.1, 0.15) is 22.3 Å². The van der Waals surface area contributed by atoms with Gasteiger partial charge in [-0.25, -0.2) is 0 Å². The Labute approximate surface area is 201 Å². The molecule has 0 aliphatic carbocycles. The van der Waals surface area contributed by atoms with Gasteiger partial charge in [0.2, 0.25) is 5.91 Å². The lowest BCUT2D eigenvalue weighted by Crippen LogP contribution is -2.47. The predicted octanol–water partition coefficient (Wildman–Crippen LogP) is 4.34. The van der Waals surface area contributed by atoms with Crippen molar-refractivity contribution in [3.05, 3.63) is 95.3 Å². The number of carbonyl (C=O) groups excluding carboxylic acids is 1. The average Bonchev–Trinajstić information content (AvgIpc) is 2.88. The van der Waals surface area contributed by atoms with E-state index >= 15 is 0 Å². The van der Waals surface area contributed by atoms with E-state index in [9.17, 15) is 4.79 Å². The Kier molecular flexibility index (Phi) is 7.94. The van der Waals surface area contributed by atoms with Gasteiger partial charge < -0.3 is 14.4 Å². The lowest BCUT2D eigenvalue weighted by atomic mass is 10.1. The fraction of sp³-hybridized carbons (Fsp3) is 0.286. The molecule has 1 aliphatic rings. The van der Waals surface area contributed by atoms with Crippen LogP contribution in [0.3, 0.4) is 0 Å². The van der Waals surface area contributed by atoms with Gasteiger partial charge in [-0.3, -0.25) is 14.7 Å². The van der Waals surface area contributed by atoms with E-state index in [2.05, 4.69) is 16.0 Å². The first-order chi connectivity index (χ1) is 16.6. The van der Waals surface area contributed by atoms with Crippen molar-refractivity contribution < 1.29 is 14.3 Å². The van der Waals surface area contributed by atoms with Gasteiger partial charge in [-0.15, -0.1) is 0 Å². The third kappa shape index (κ3) is 6.45. The van der Waals surface area contributed by atoms with Gasteiger partial charge in [-0.05, 0) is 54.5 Å². The van der Waals surface area contributed by atoms with Gasteiger partial charge in [0, 0.05) is 56.8 Å². The SMILES string of the molecule is COc1ccc(/C=C/C(=O)N2CCN(Cc3cccnc3)CC2)cc1COc1ccc(C)cc1. The van der Waals surface area contributed by atoms with E-state index in [0.29, 0.717) is 6.61 Å². The zero-order valence-corrected chi connectivity index (χ0v) is 19.8. The second kappa shape index (κ2) is 11.5. The minimum Gasteiger partial charge on any atom is -0.496 e. The second-order valence-electron chi connectivity index (χ2n) is 8.47. The number of hydrogen-bond donors (Lipinski definition) is 0. The number of carbonyl (C=O) groups is 1. The molecular formula is C28H31N3O3. The first-order valence-electron chi connectivity index (χ1n) is 11.6. The third-order valence-corrected chi connectivity index (χ3v) is 5.95. The van der Waals surface area contributed by atoms with Crippen molar-refractivity contribution in [2.24, 2.45) is 0 Å². The lowest BCUT2D eigenvalue weighted by Gasteiger charge is -2.34. The number of ether oxygens (including phenoxy) is 2. The first-order valence-corrected chi connectivity index (χ1v) is 11.6. The fourth-order valence-electron chi connectivity index (χ4n) is 3.96. The summed E-state index contributed by atoms with van der Waals surface area (Å²) in [6, 6.07) is 17.9. The van der Waals surface area contributed by atoms with Crippen LogP contribution >= 0.6 is 0 Å². The van der Waals surface area contributed by atoms with Crippen molar-refractivity contribution in [3.63, 3.8) is 0 Å². The summed E-state index contributed by atoms with van der Waals surface area (Å²) in [5.41, 5.74) is 4.26. The minimum absolute atomic E-state index is 0.0364. The molecule has 0 unspecified atom stereocenters. The molecule has 1 saturated heterocycles. The van der Waals surface area contributed by atoms with Crippen LogP contribution in [0.4, 0.5) is 0 Å². The van der Waals surface area contributed by atoms with Crippen LogP contribution in [0.25, 0.3) is 6.08 Å². The Morgan fingerprint density at radius 3 is 2.56 bits per heavy atom. The molecule has 0 radical (unpaired) electrons. The molecule has 1 fully saturated rings. The van der Waals surface area contributed by atoms with Gasteiger partial charge in [-0.1, -0.05) is 29.8 Å². The van der Waals surface area contributed by atoms with E-state index in [1.54, 1.807) is 19.4 Å². The highest BCUT2D eigenvalue weighted by atomic mass is 16.5. The average molecular weight is 458 g/mol.